The lowest BCUT2D eigenvalue weighted by atomic mass is 10.1. The third-order valence-electron chi connectivity index (χ3n) is 2.83. The van der Waals surface area contributed by atoms with Gasteiger partial charge in [0.25, 0.3) is 0 Å². The number of hydrogen-bond donors (Lipinski definition) is 0. The molecule has 6 heteroatoms. The summed E-state index contributed by atoms with van der Waals surface area (Å²) >= 11 is 9.17. The van der Waals surface area contributed by atoms with Gasteiger partial charge in [0.2, 0.25) is 0 Å². The summed E-state index contributed by atoms with van der Waals surface area (Å²) in [5.74, 6) is 0.807. The summed E-state index contributed by atoms with van der Waals surface area (Å²) in [5.41, 5.74) is 0.535. The van der Waals surface area contributed by atoms with E-state index in [9.17, 15) is 13.2 Å². The lowest BCUT2D eigenvalue weighted by Gasteiger charge is -2.13. The molecule has 0 saturated heterocycles. The molecule has 0 atom stereocenters. The minimum absolute atomic E-state index is 0.0381. The van der Waals surface area contributed by atoms with Crippen LogP contribution in [-0.2, 0) is 18.7 Å². The van der Waals surface area contributed by atoms with Crippen LogP contribution in [0, 0.1) is 0 Å². The van der Waals surface area contributed by atoms with Crippen LogP contribution in [0.1, 0.15) is 16.7 Å². The van der Waals surface area contributed by atoms with Gasteiger partial charge in [-0.15, -0.1) is 11.6 Å². The van der Waals surface area contributed by atoms with Crippen LogP contribution in [0.2, 0.25) is 0 Å². The molecule has 0 N–H and O–H groups in total. The largest absolute Gasteiger partial charge is 0.487 e. The molecule has 2 aromatic carbocycles. The van der Waals surface area contributed by atoms with Crippen LogP contribution in [0.15, 0.2) is 46.9 Å². The molecule has 2 aromatic rings. The Morgan fingerprint density at radius 2 is 1.81 bits per heavy atom. The average Bonchev–Trinajstić information content (AvgIpc) is 2.45. The minimum Gasteiger partial charge on any atom is -0.487 e. The molecule has 0 spiro atoms. The van der Waals surface area contributed by atoms with Gasteiger partial charge in [-0.2, -0.15) is 13.2 Å². The van der Waals surface area contributed by atoms with E-state index in [0.717, 1.165) is 17.7 Å². The van der Waals surface area contributed by atoms with Crippen molar-refractivity contribution in [1.82, 2.24) is 0 Å². The van der Waals surface area contributed by atoms with Crippen molar-refractivity contribution in [2.24, 2.45) is 0 Å². The predicted octanol–water partition coefficient (Wildman–Crippen LogP) is 5.79. The second-order valence-electron chi connectivity index (χ2n) is 4.35. The summed E-state index contributed by atoms with van der Waals surface area (Å²) in [6, 6.07) is 10.5. The zero-order valence-electron chi connectivity index (χ0n) is 10.8. The topological polar surface area (TPSA) is 9.23 Å². The Kier molecular flexibility index (Phi) is 5.17. The fraction of sp³-hybridized carbons (Fsp3) is 0.200. The van der Waals surface area contributed by atoms with Gasteiger partial charge in [-0.1, -0.05) is 24.3 Å². The van der Waals surface area contributed by atoms with Crippen molar-refractivity contribution in [2.75, 3.05) is 0 Å². The fourth-order valence-corrected chi connectivity index (χ4v) is 2.55. The van der Waals surface area contributed by atoms with E-state index in [0.29, 0.717) is 15.8 Å². The number of hydrogen-bond acceptors (Lipinski definition) is 1. The number of alkyl halides is 4. The fourth-order valence-electron chi connectivity index (χ4n) is 1.81. The summed E-state index contributed by atoms with van der Waals surface area (Å²) < 4.78 is 44.3. The first-order valence-electron chi connectivity index (χ1n) is 6.04. The molecule has 0 radical (unpaired) electrons. The highest BCUT2D eigenvalue weighted by Crippen LogP contribution is 2.32. The Labute approximate surface area is 133 Å². The monoisotopic (exact) mass is 378 g/mol. The van der Waals surface area contributed by atoms with Crippen LogP contribution in [0.25, 0.3) is 0 Å². The van der Waals surface area contributed by atoms with Crippen molar-refractivity contribution in [3.63, 3.8) is 0 Å². The molecule has 112 valence electrons. The van der Waals surface area contributed by atoms with Crippen LogP contribution in [0.3, 0.4) is 0 Å². The molecule has 0 aliphatic carbocycles. The standard InChI is InChI=1S/C15H11BrClF3O/c16-13-6-2-4-11(8-17)14(13)21-9-10-3-1-5-12(7-10)15(18,19)20/h1-7H,8-9H2. The molecule has 0 amide bonds. The number of halogens is 5. The van der Waals surface area contributed by atoms with Gasteiger partial charge in [0, 0.05) is 5.56 Å². The van der Waals surface area contributed by atoms with E-state index in [1.54, 1.807) is 18.2 Å². The van der Waals surface area contributed by atoms with Crippen molar-refractivity contribution < 1.29 is 17.9 Å². The summed E-state index contributed by atoms with van der Waals surface area (Å²) in [4.78, 5) is 0. The Bertz CT molecular complexity index is 629. The van der Waals surface area contributed by atoms with Crippen molar-refractivity contribution in [3.8, 4) is 5.75 Å². The Hall–Kier alpha value is -1.20. The Morgan fingerprint density at radius 1 is 1.10 bits per heavy atom. The molecule has 2 rings (SSSR count). The van der Waals surface area contributed by atoms with E-state index >= 15 is 0 Å². The average molecular weight is 380 g/mol. The third kappa shape index (κ3) is 4.14. The molecular formula is C15H11BrClF3O. The molecular weight excluding hydrogens is 369 g/mol. The number of ether oxygens (including phenoxy) is 1. The zero-order chi connectivity index (χ0) is 15.5. The zero-order valence-corrected chi connectivity index (χ0v) is 13.1. The highest BCUT2D eigenvalue weighted by atomic mass is 79.9. The van der Waals surface area contributed by atoms with Gasteiger partial charge in [0.15, 0.2) is 0 Å². The Balaban J connectivity index is 2.18. The normalized spacial score (nSPS) is 11.5. The lowest BCUT2D eigenvalue weighted by molar-refractivity contribution is -0.137. The molecule has 0 aliphatic rings. The van der Waals surface area contributed by atoms with Crippen LogP contribution >= 0.6 is 27.5 Å². The molecule has 1 nitrogen and oxygen atoms in total. The van der Waals surface area contributed by atoms with E-state index in [1.165, 1.54) is 6.07 Å². The van der Waals surface area contributed by atoms with Gasteiger partial charge in [0.05, 0.1) is 15.9 Å². The summed E-state index contributed by atoms with van der Waals surface area (Å²) in [6.07, 6.45) is -4.36. The maximum absolute atomic E-state index is 12.6. The smallest absolute Gasteiger partial charge is 0.416 e. The van der Waals surface area contributed by atoms with E-state index in [1.807, 2.05) is 6.07 Å². The molecule has 21 heavy (non-hydrogen) atoms. The second-order valence-corrected chi connectivity index (χ2v) is 5.47. The molecule has 0 unspecified atom stereocenters. The van der Waals surface area contributed by atoms with Gasteiger partial charge >= 0.3 is 6.18 Å². The van der Waals surface area contributed by atoms with Gasteiger partial charge in [-0.05, 0) is 39.7 Å². The maximum atomic E-state index is 12.6. The maximum Gasteiger partial charge on any atom is 0.416 e. The van der Waals surface area contributed by atoms with Gasteiger partial charge in [-0.3, -0.25) is 0 Å². The summed E-state index contributed by atoms with van der Waals surface area (Å²) in [5, 5.41) is 0. The number of benzene rings is 2. The third-order valence-corrected chi connectivity index (χ3v) is 3.74. The second kappa shape index (κ2) is 6.71. The molecule has 0 fully saturated rings. The first-order chi connectivity index (χ1) is 9.91. The quantitative estimate of drug-likeness (QED) is 0.611. The van der Waals surface area contributed by atoms with Crippen molar-refractivity contribution in [1.29, 1.82) is 0 Å². The molecule has 0 aromatic heterocycles. The SMILES string of the molecule is FC(F)(F)c1cccc(COc2c(Br)cccc2CCl)c1. The Morgan fingerprint density at radius 3 is 2.48 bits per heavy atom. The van der Waals surface area contributed by atoms with Crippen LogP contribution in [0.4, 0.5) is 13.2 Å². The minimum atomic E-state index is -4.36. The van der Waals surface area contributed by atoms with Crippen molar-refractivity contribution >= 4 is 27.5 Å². The van der Waals surface area contributed by atoms with E-state index in [2.05, 4.69) is 15.9 Å². The van der Waals surface area contributed by atoms with Crippen LogP contribution in [-0.4, -0.2) is 0 Å². The number of rotatable bonds is 4. The van der Waals surface area contributed by atoms with Crippen molar-refractivity contribution in [3.05, 3.63) is 63.6 Å². The van der Waals surface area contributed by atoms with E-state index in [4.69, 9.17) is 16.3 Å². The predicted molar refractivity (Wildman–Crippen MR) is 79.5 cm³/mol. The molecule has 0 heterocycles. The lowest BCUT2D eigenvalue weighted by Crippen LogP contribution is -2.06. The van der Waals surface area contributed by atoms with Crippen LogP contribution in [0.5, 0.6) is 5.75 Å². The van der Waals surface area contributed by atoms with Crippen molar-refractivity contribution in [2.45, 2.75) is 18.7 Å². The van der Waals surface area contributed by atoms with Gasteiger partial charge < -0.3 is 4.74 Å². The first-order valence-corrected chi connectivity index (χ1v) is 7.37. The highest BCUT2D eigenvalue weighted by Gasteiger charge is 2.30. The van der Waals surface area contributed by atoms with Gasteiger partial charge in [-0.25, -0.2) is 0 Å². The highest BCUT2D eigenvalue weighted by molar-refractivity contribution is 9.10. The summed E-state index contributed by atoms with van der Waals surface area (Å²) in [6.45, 7) is 0.0381. The summed E-state index contributed by atoms with van der Waals surface area (Å²) in [7, 11) is 0. The molecule has 0 bridgehead atoms. The molecule has 0 saturated carbocycles. The molecule has 0 aliphatic heterocycles. The van der Waals surface area contributed by atoms with Crippen LogP contribution < -0.4 is 4.74 Å². The van der Waals surface area contributed by atoms with E-state index < -0.39 is 11.7 Å². The number of para-hydroxylation sites is 1. The van der Waals surface area contributed by atoms with E-state index in [-0.39, 0.29) is 12.5 Å². The first kappa shape index (κ1) is 16.2. The van der Waals surface area contributed by atoms with Gasteiger partial charge in [0.1, 0.15) is 12.4 Å².